The molecule has 0 aliphatic carbocycles. The molecule has 3 N–H and O–H groups in total. The summed E-state index contributed by atoms with van der Waals surface area (Å²) in [5.41, 5.74) is 5.32. The number of methoxy groups -OCH3 is 1. The monoisotopic (exact) mass is 249 g/mol. The molecule has 0 bridgehead atoms. The lowest BCUT2D eigenvalue weighted by Crippen LogP contribution is -2.38. The van der Waals surface area contributed by atoms with E-state index in [4.69, 9.17) is 10.5 Å². The summed E-state index contributed by atoms with van der Waals surface area (Å²) in [5.74, 6) is 0.570. The lowest BCUT2D eigenvalue weighted by Gasteiger charge is -2.19. The summed E-state index contributed by atoms with van der Waals surface area (Å²) in [7, 11) is 1.48. The number of aliphatic hydroxyl groups is 1. The normalized spacial score (nSPS) is 15.4. The van der Waals surface area contributed by atoms with E-state index in [0.29, 0.717) is 11.3 Å². The van der Waals surface area contributed by atoms with Crippen LogP contribution in [0.15, 0.2) is 24.3 Å². The zero-order valence-corrected chi connectivity index (χ0v) is 9.24. The maximum Gasteiger partial charge on any atom is 0.403 e. The number of benzene rings is 1. The average Bonchev–Trinajstić information content (AvgIpc) is 2.27. The van der Waals surface area contributed by atoms with Crippen molar-refractivity contribution in [2.24, 2.45) is 5.73 Å². The van der Waals surface area contributed by atoms with E-state index in [-0.39, 0.29) is 0 Å². The quantitative estimate of drug-likeness (QED) is 0.858. The predicted octanol–water partition coefficient (Wildman–Crippen LogP) is 2.01. The molecule has 96 valence electrons. The molecule has 1 rings (SSSR count). The highest BCUT2D eigenvalue weighted by molar-refractivity contribution is 5.28. The molecule has 0 saturated heterocycles. The summed E-state index contributed by atoms with van der Waals surface area (Å²) >= 11 is 0. The fraction of sp³-hybridized carbons (Fsp3) is 0.455. The maximum absolute atomic E-state index is 12.2. The van der Waals surface area contributed by atoms with E-state index in [0.717, 1.165) is 0 Å². The number of ether oxygens (including phenoxy) is 1. The Morgan fingerprint density at radius 1 is 1.29 bits per heavy atom. The highest BCUT2D eigenvalue weighted by Crippen LogP contribution is 2.27. The van der Waals surface area contributed by atoms with Crippen LogP contribution in [0.2, 0.25) is 0 Å². The number of halogens is 3. The summed E-state index contributed by atoms with van der Waals surface area (Å²) in [6.45, 7) is 0. The largest absolute Gasteiger partial charge is 0.497 e. The minimum Gasteiger partial charge on any atom is -0.497 e. The molecule has 0 saturated carbocycles. The van der Waals surface area contributed by atoms with E-state index >= 15 is 0 Å². The van der Waals surface area contributed by atoms with E-state index in [1.165, 1.54) is 19.2 Å². The van der Waals surface area contributed by atoms with Crippen LogP contribution in [0.25, 0.3) is 0 Å². The molecule has 0 amide bonds. The molecule has 0 heterocycles. The smallest absolute Gasteiger partial charge is 0.403 e. The van der Waals surface area contributed by atoms with Gasteiger partial charge in [0.1, 0.15) is 11.8 Å². The summed E-state index contributed by atoms with van der Waals surface area (Å²) in [5, 5.41) is 9.60. The van der Waals surface area contributed by atoms with Gasteiger partial charge in [-0.1, -0.05) is 12.1 Å². The fourth-order valence-electron chi connectivity index (χ4n) is 1.34. The molecule has 3 nitrogen and oxygen atoms in total. The van der Waals surface area contributed by atoms with E-state index in [2.05, 4.69) is 0 Å². The van der Waals surface area contributed by atoms with Gasteiger partial charge in [-0.2, -0.15) is 13.2 Å². The Hall–Kier alpha value is -1.27. The SMILES string of the molecule is COc1ccc(C(O)CC(N)C(F)(F)F)cc1. The van der Waals surface area contributed by atoms with Gasteiger partial charge < -0.3 is 15.6 Å². The zero-order chi connectivity index (χ0) is 13.1. The number of hydrogen-bond acceptors (Lipinski definition) is 3. The molecule has 0 aromatic heterocycles. The van der Waals surface area contributed by atoms with Gasteiger partial charge in [0, 0.05) is 6.42 Å². The van der Waals surface area contributed by atoms with Crippen LogP contribution >= 0.6 is 0 Å². The number of alkyl halides is 3. The Morgan fingerprint density at radius 2 is 1.82 bits per heavy atom. The van der Waals surface area contributed by atoms with Crippen LogP contribution in [0, 0.1) is 0 Å². The van der Waals surface area contributed by atoms with Crippen molar-refractivity contribution in [2.75, 3.05) is 7.11 Å². The van der Waals surface area contributed by atoms with Crippen molar-refractivity contribution in [3.05, 3.63) is 29.8 Å². The van der Waals surface area contributed by atoms with Gasteiger partial charge in [-0.25, -0.2) is 0 Å². The lowest BCUT2D eigenvalue weighted by atomic mass is 10.0. The van der Waals surface area contributed by atoms with Gasteiger partial charge in [-0.3, -0.25) is 0 Å². The van der Waals surface area contributed by atoms with Crippen LogP contribution in [-0.4, -0.2) is 24.4 Å². The van der Waals surface area contributed by atoms with E-state index in [9.17, 15) is 18.3 Å². The third-order valence-electron chi connectivity index (χ3n) is 2.40. The first-order valence-corrected chi connectivity index (χ1v) is 4.99. The minimum absolute atomic E-state index is 0.380. The van der Waals surface area contributed by atoms with Crippen molar-refractivity contribution in [1.82, 2.24) is 0 Å². The molecule has 0 spiro atoms. The van der Waals surface area contributed by atoms with Crippen LogP contribution < -0.4 is 10.5 Å². The van der Waals surface area contributed by atoms with Crippen molar-refractivity contribution in [3.63, 3.8) is 0 Å². The van der Waals surface area contributed by atoms with Crippen LogP contribution in [0.1, 0.15) is 18.1 Å². The zero-order valence-electron chi connectivity index (χ0n) is 9.24. The molecule has 0 aliphatic rings. The standard InChI is InChI=1S/C11H14F3NO2/c1-17-8-4-2-7(3-5-8)9(16)6-10(15)11(12,13)14/h2-5,9-10,16H,6,15H2,1H3. The van der Waals surface area contributed by atoms with Crippen molar-refractivity contribution in [3.8, 4) is 5.75 Å². The van der Waals surface area contributed by atoms with Gasteiger partial charge in [0.25, 0.3) is 0 Å². The average molecular weight is 249 g/mol. The summed E-state index contributed by atoms with van der Waals surface area (Å²) in [4.78, 5) is 0. The van der Waals surface area contributed by atoms with E-state index in [1.54, 1.807) is 12.1 Å². The third-order valence-corrected chi connectivity index (χ3v) is 2.40. The van der Waals surface area contributed by atoms with Gasteiger partial charge >= 0.3 is 6.18 Å². The van der Waals surface area contributed by atoms with Gasteiger partial charge in [0.05, 0.1) is 13.2 Å². The topological polar surface area (TPSA) is 55.5 Å². The molecule has 1 aromatic carbocycles. The van der Waals surface area contributed by atoms with Gasteiger partial charge in [-0.15, -0.1) is 0 Å². The van der Waals surface area contributed by atoms with Crippen LogP contribution in [0.3, 0.4) is 0 Å². The lowest BCUT2D eigenvalue weighted by molar-refractivity contribution is -0.153. The molecular weight excluding hydrogens is 235 g/mol. The van der Waals surface area contributed by atoms with E-state index in [1.807, 2.05) is 0 Å². The Labute approximate surface area is 97.0 Å². The van der Waals surface area contributed by atoms with Gasteiger partial charge in [0.15, 0.2) is 0 Å². The first kappa shape index (κ1) is 13.8. The second kappa shape index (κ2) is 5.37. The molecule has 0 fully saturated rings. The molecule has 6 heteroatoms. The van der Waals surface area contributed by atoms with Gasteiger partial charge in [-0.05, 0) is 17.7 Å². The van der Waals surface area contributed by atoms with Crippen LogP contribution in [0.5, 0.6) is 5.75 Å². The first-order chi connectivity index (χ1) is 7.84. The van der Waals surface area contributed by atoms with Gasteiger partial charge in [0.2, 0.25) is 0 Å². The number of rotatable bonds is 4. The molecule has 0 aliphatic heterocycles. The summed E-state index contributed by atoms with van der Waals surface area (Å²) in [6, 6.07) is 4.12. The highest BCUT2D eigenvalue weighted by atomic mass is 19.4. The van der Waals surface area contributed by atoms with Crippen molar-refractivity contribution in [2.45, 2.75) is 24.7 Å². The molecule has 1 aromatic rings. The number of aliphatic hydroxyl groups excluding tert-OH is 1. The Bertz CT molecular complexity index is 351. The molecule has 0 radical (unpaired) electrons. The second-order valence-corrected chi connectivity index (χ2v) is 3.67. The van der Waals surface area contributed by atoms with Crippen molar-refractivity contribution in [1.29, 1.82) is 0 Å². The molecule has 2 unspecified atom stereocenters. The molecule has 2 atom stereocenters. The van der Waals surface area contributed by atoms with E-state index < -0.39 is 24.7 Å². The Kier molecular flexibility index (Phi) is 4.36. The van der Waals surface area contributed by atoms with Crippen LogP contribution in [-0.2, 0) is 0 Å². The maximum atomic E-state index is 12.2. The number of nitrogens with two attached hydrogens (primary N) is 1. The first-order valence-electron chi connectivity index (χ1n) is 4.99. The molecule has 17 heavy (non-hydrogen) atoms. The highest BCUT2D eigenvalue weighted by Gasteiger charge is 2.37. The minimum atomic E-state index is -4.49. The number of hydrogen-bond donors (Lipinski definition) is 2. The fourth-order valence-corrected chi connectivity index (χ4v) is 1.34. The summed E-state index contributed by atoms with van der Waals surface area (Å²) in [6.07, 6.45) is -6.29. The Morgan fingerprint density at radius 3 is 2.24 bits per heavy atom. The third kappa shape index (κ3) is 3.90. The van der Waals surface area contributed by atoms with Crippen LogP contribution in [0.4, 0.5) is 13.2 Å². The van der Waals surface area contributed by atoms with Crippen molar-refractivity contribution >= 4 is 0 Å². The second-order valence-electron chi connectivity index (χ2n) is 3.67. The molecular formula is C11H14F3NO2. The summed E-state index contributed by atoms with van der Waals surface area (Å²) < 4.78 is 41.5. The predicted molar refractivity (Wildman–Crippen MR) is 56.6 cm³/mol. The Balaban J connectivity index is 2.66. The van der Waals surface area contributed by atoms with Crippen molar-refractivity contribution < 1.29 is 23.0 Å².